The Morgan fingerprint density at radius 1 is 1.21 bits per heavy atom. The van der Waals surface area contributed by atoms with Crippen LogP contribution in [0, 0.1) is 11.7 Å². The minimum absolute atomic E-state index is 0.0523. The summed E-state index contributed by atoms with van der Waals surface area (Å²) in [4.78, 5) is 18.0. The first-order valence-electron chi connectivity index (χ1n) is 11.1. The van der Waals surface area contributed by atoms with Crippen LogP contribution < -0.4 is 10.5 Å². The molecule has 1 saturated carbocycles. The molecule has 1 fully saturated rings. The van der Waals surface area contributed by atoms with Crippen molar-refractivity contribution in [3.63, 3.8) is 0 Å². The molecule has 0 spiro atoms. The molecule has 2 heterocycles. The molecule has 0 saturated heterocycles. The number of aryl methyl sites for hydroxylation is 1. The number of alkyl halides is 1. The predicted octanol–water partition coefficient (Wildman–Crippen LogP) is 4.10. The summed E-state index contributed by atoms with van der Waals surface area (Å²) in [6, 6.07) is 5.39. The molecule has 2 aromatic heterocycles. The van der Waals surface area contributed by atoms with Gasteiger partial charge in [-0.2, -0.15) is 0 Å². The number of benzene rings is 1. The van der Waals surface area contributed by atoms with E-state index in [-0.39, 0.29) is 34.7 Å². The molecular weight excluding hydrogens is 428 g/mol. The van der Waals surface area contributed by atoms with Crippen LogP contribution in [0.15, 0.2) is 41.5 Å². The highest BCUT2D eigenvalue weighted by molar-refractivity contribution is 5.73. The van der Waals surface area contributed by atoms with Crippen molar-refractivity contribution in [2.24, 2.45) is 13.0 Å². The molecule has 0 radical (unpaired) electrons. The van der Waals surface area contributed by atoms with Gasteiger partial charge in [0.1, 0.15) is 17.7 Å². The smallest absolute Gasteiger partial charge is 0.251 e. The molecule has 7 nitrogen and oxygen atoms in total. The van der Waals surface area contributed by atoms with Gasteiger partial charge in [0.2, 0.25) is 0 Å². The molecule has 1 aromatic carbocycles. The number of phenols is 1. The average molecular weight is 456 g/mol. The van der Waals surface area contributed by atoms with Gasteiger partial charge in [0.25, 0.3) is 5.56 Å². The number of nitrogens with zero attached hydrogens (tertiary/aromatic N) is 5. The van der Waals surface area contributed by atoms with Crippen molar-refractivity contribution in [1.29, 1.82) is 0 Å². The van der Waals surface area contributed by atoms with Crippen molar-refractivity contribution in [2.45, 2.75) is 44.8 Å². The number of pyridine rings is 1. The molecule has 0 unspecified atom stereocenters. The fourth-order valence-corrected chi connectivity index (χ4v) is 4.49. The number of aromatic hydroxyl groups is 1. The third-order valence-corrected chi connectivity index (χ3v) is 6.55. The summed E-state index contributed by atoms with van der Waals surface area (Å²) in [6.45, 7) is 2.01. The Morgan fingerprint density at radius 3 is 2.67 bits per heavy atom. The van der Waals surface area contributed by atoms with Gasteiger partial charge in [0.05, 0.1) is 17.8 Å². The van der Waals surface area contributed by atoms with Crippen LogP contribution in [0.4, 0.5) is 14.6 Å². The number of hydrogen-bond donors (Lipinski definition) is 1. The maximum Gasteiger partial charge on any atom is 0.251 e. The van der Waals surface area contributed by atoms with Gasteiger partial charge in [-0.3, -0.25) is 4.79 Å². The molecule has 0 bridgehead atoms. The Bertz CT molecular complexity index is 1200. The van der Waals surface area contributed by atoms with Gasteiger partial charge in [-0.05, 0) is 36.5 Å². The van der Waals surface area contributed by atoms with Gasteiger partial charge in [0.15, 0.2) is 11.6 Å². The van der Waals surface area contributed by atoms with Crippen molar-refractivity contribution in [3.05, 3.63) is 52.8 Å². The maximum absolute atomic E-state index is 14.9. The summed E-state index contributed by atoms with van der Waals surface area (Å²) >= 11 is 0. The molecule has 3 atom stereocenters. The van der Waals surface area contributed by atoms with E-state index in [0.29, 0.717) is 16.9 Å². The number of anilines is 1. The average Bonchev–Trinajstić information content (AvgIpc) is 2.81. The second kappa shape index (κ2) is 9.25. The third kappa shape index (κ3) is 4.44. The van der Waals surface area contributed by atoms with Crippen molar-refractivity contribution in [1.82, 2.24) is 19.7 Å². The summed E-state index contributed by atoms with van der Waals surface area (Å²) < 4.78 is 30.4. The summed E-state index contributed by atoms with van der Waals surface area (Å²) in [5, 5.41) is 18.8. The maximum atomic E-state index is 14.9. The molecule has 174 valence electrons. The van der Waals surface area contributed by atoms with E-state index >= 15 is 0 Å². The highest BCUT2D eigenvalue weighted by atomic mass is 19.1. The normalized spacial score (nSPS) is 20.6. The van der Waals surface area contributed by atoms with Crippen LogP contribution in [0.1, 0.15) is 32.6 Å². The number of phenolic OH excluding ortho intramolecular Hbond substituents is 1. The van der Waals surface area contributed by atoms with E-state index < -0.39 is 12.0 Å². The molecule has 0 amide bonds. The highest BCUT2D eigenvalue weighted by Crippen LogP contribution is 2.34. The summed E-state index contributed by atoms with van der Waals surface area (Å²) in [5.74, 6) is -0.0448. The van der Waals surface area contributed by atoms with Crippen LogP contribution in [-0.4, -0.2) is 44.1 Å². The molecule has 33 heavy (non-hydrogen) atoms. The van der Waals surface area contributed by atoms with E-state index in [0.717, 1.165) is 36.4 Å². The Balaban J connectivity index is 1.57. The lowest BCUT2D eigenvalue weighted by Gasteiger charge is -2.38. The largest absolute Gasteiger partial charge is 0.507 e. The lowest BCUT2D eigenvalue weighted by Crippen LogP contribution is -2.45. The van der Waals surface area contributed by atoms with Gasteiger partial charge in [0, 0.05) is 31.9 Å². The quantitative estimate of drug-likeness (QED) is 0.624. The number of aromatic nitrogens is 4. The Kier molecular flexibility index (Phi) is 6.40. The zero-order valence-corrected chi connectivity index (χ0v) is 18.9. The lowest BCUT2D eigenvalue weighted by atomic mass is 9.82. The standard InChI is InChI=1S/C24H27F2N5O2/c1-4-14-6-5-7-19(23(14)26)31(3)21-12-27-24(29-28-21)16-9-8-15(10-20(16)32)17-11-22(33)30(2)13-18(17)25/h8-14,19,23,32H,4-7H2,1-3H3/t14-,19+,23-/m1/s1. The van der Waals surface area contributed by atoms with Crippen LogP contribution in [-0.2, 0) is 7.05 Å². The first-order valence-corrected chi connectivity index (χ1v) is 11.1. The molecule has 1 aliphatic rings. The fourth-order valence-electron chi connectivity index (χ4n) is 4.49. The Morgan fingerprint density at radius 2 is 2.00 bits per heavy atom. The van der Waals surface area contributed by atoms with Gasteiger partial charge in [-0.15, -0.1) is 10.2 Å². The van der Waals surface area contributed by atoms with Crippen LogP contribution in [0.3, 0.4) is 0 Å². The van der Waals surface area contributed by atoms with E-state index in [9.17, 15) is 18.7 Å². The first-order chi connectivity index (χ1) is 15.8. The number of hydrogen-bond acceptors (Lipinski definition) is 6. The predicted molar refractivity (Wildman–Crippen MR) is 122 cm³/mol. The SMILES string of the molecule is CC[C@@H]1CCC[C@H](N(C)c2cnc(-c3ccc(-c4cc(=O)n(C)cc4F)cc3O)nn2)[C@@H]1F. The summed E-state index contributed by atoms with van der Waals surface area (Å²) in [7, 11) is 3.26. The molecule has 1 aliphatic carbocycles. The fraction of sp³-hybridized carbons (Fsp3) is 0.417. The van der Waals surface area contributed by atoms with Gasteiger partial charge in [-0.1, -0.05) is 25.8 Å². The van der Waals surface area contributed by atoms with Gasteiger partial charge < -0.3 is 14.6 Å². The topological polar surface area (TPSA) is 84.1 Å². The lowest BCUT2D eigenvalue weighted by molar-refractivity contribution is 0.134. The number of halogens is 2. The summed E-state index contributed by atoms with van der Waals surface area (Å²) in [5.41, 5.74) is 0.403. The van der Waals surface area contributed by atoms with Crippen LogP contribution in [0.25, 0.3) is 22.5 Å². The van der Waals surface area contributed by atoms with Gasteiger partial charge >= 0.3 is 0 Å². The van der Waals surface area contributed by atoms with E-state index in [1.807, 2.05) is 6.92 Å². The second-order valence-corrected chi connectivity index (χ2v) is 8.58. The molecule has 3 aromatic rings. The third-order valence-electron chi connectivity index (χ3n) is 6.55. The van der Waals surface area contributed by atoms with Crippen molar-refractivity contribution >= 4 is 5.82 Å². The summed E-state index contributed by atoms with van der Waals surface area (Å²) in [6.07, 6.45) is 5.12. The van der Waals surface area contributed by atoms with E-state index in [2.05, 4.69) is 15.2 Å². The zero-order chi connectivity index (χ0) is 23.7. The van der Waals surface area contributed by atoms with E-state index in [1.54, 1.807) is 24.1 Å². The van der Waals surface area contributed by atoms with E-state index in [4.69, 9.17) is 0 Å². The Hall–Kier alpha value is -3.36. The van der Waals surface area contributed by atoms with Crippen LogP contribution in [0.2, 0.25) is 0 Å². The van der Waals surface area contributed by atoms with Crippen molar-refractivity contribution < 1.29 is 13.9 Å². The molecule has 0 aliphatic heterocycles. The second-order valence-electron chi connectivity index (χ2n) is 8.58. The number of rotatable bonds is 5. The van der Waals surface area contributed by atoms with E-state index in [1.165, 1.54) is 25.4 Å². The van der Waals surface area contributed by atoms with Crippen LogP contribution >= 0.6 is 0 Å². The zero-order valence-electron chi connectivity index (χ0n) is 18.9. The minimum atomic E-state index is -0.929. The Labute approximate surface area is 190 Å². The van der Waals surface area contributed by atoms with Gasteiger partial charge in [-0.25, -0.2) is 13.8 Å². The molecule has 4 rings (SSSR count). The molecular formula is C24H27F2N5O2. The molecule has 9 heteroatoms. The van der Waals surface area contributed by atoms with Crippen molar-refractivity contribution in [3.8, 4) is 28.3 Å². The molecule has 1 N–H and O–H groups in total. The van der Waals surface area contributed by atoms with Crippen molar-refractivity contribution in [2.75, 3.05) is 11.9 Å². The highest BCUT2D eigenvalue weighted by Gasteiger charge is 2.35. The monoisotopic (exact) mass is 455 g/mol. The van der Waals surface area contributed by atoms with Crippen LogP contribution in [0.5, 0.6) is 5.75 Å². The first kappa shape index (κ1) is 22.8. The minimum Gasteiger partial charge on any atom is -0.507 e.